The Morgan fingerprint density at radius 1 is 1.29 bits per heavy atom. The maximum absolute atomic E-state index is 11.3. The van der Waals surface area contributed by atoms with E-state index in [0.717, 1.165) is 5.56 Å². The number of pyridine rings is 1. The van der Waals surface area contributed by atoms with Crippen LogP contribution in [0, 0.1) is 10.1 Å². The van der Waals surface area contributed by atoms with E-state index in [1.807, 2.05) is 26.0 Å². The first-order valence-corrected chi connectivity index (χ1v) is 6.53. The van der Waals surface area contributed by atoms with Gasteiger partial charge in [0.1, 0.15) is 6.33 Å². The molecule has 0 aliphatic heterocycles. The van der Waals surface area contributed by atoms with E-state index in [1.165, 1.54) is 6.33 Å². The van der Waals surface area contributed by atoms with Gasteiger partial charge in [-0.15, -0.1) is 0 Å². The van der Waals surface area contributed by atoms with Crippen molar-refractivity contribution < 1.29 is 4.92 Å². The zero-order valence-corrected chi connectivity index (χ0v) is 11.8. The van der Waals surface area contributed by atoms with E-state index >= 15 is 0 Å². The van der Waals surface area contributed by atoms with Crippen molar-refractivity contribution in [3.05, 3.63) is 46.5 Å². The number of nitrogens with zero attached hydrogens (tertiary/aromatic N) is 4. The summed E-state index contributed by atoms with van der Waals surface area (Å²) in [6.07, 6.45) is 4.64. The van der Waals surface area contributed by atoms with E-state index < -0.39 is 4.92 Å². The summed E-state index contributed by atoms with van der Waals surface area (Å²) < 4.78 is 0. The summed E-state index contributed by atoms with van der Waals surface area (Å²) in [5, 5.41) is 17.2. The fraction of sp³-hybridized carbons (Fsp3) is 0.308. The van der Waals surface area contributed by atoms with Crippen LogP contribution in [0.15, 0.2) is 30.9 Å². The van der Waals surface area contributed by atoms with E-state index in [2.05, 4.69) is 25.6 Å². The monoisotopic (exact) mass is 288 g/mol. The van der Waals surface area contributed by atoms with Gasteiger partial charge in [0.25, 0.3) is 0 Å². The molecule has 0 bridgehead atoms. The Balaban J connectivity index is 2.31. The number of nitrogens with one attached hydrogen (secondary N) is 2. The summed E-state index contributed by atoms with van der Waals surface area (Å²) in [5.74, 6) is 0.400. The van der Waals surface area contributed by atoms with Gasteiger partial charge in [0.15, 0.2) is 0 Å². The van der Waals surface area contributed by atoms with E-state index in [-0.39, 0.29) is 23.4 Å². The number of anilines is 2. The molecule has 0 amide bonds. The van der Waals surface area contributed by atoms with Crippen LogP contribution in [0.5, 0.6) is 0 Å². The summed E-state index contributed by atoms with van der Waals surface area (Å²) in [6.45, 7) is 4.28. The first-order chi connectivity index (χ1) is 10.1. The highest BCUT2D eigenvalue weighted by Gasteiger charge is 2.23. The predicted octanol–water partition coefficient (Wildman–Crippen LogP) is 2.38. The maximum Gasteiger partial charge on any atom is 0.353 e. The Morgan fingerprint density at radius 2 is 1.95 bits per heavy atom. The molecule has 0 saturated carbocycles. The Morgan fingerprint density at radius 3 is 2.57 bits per heavy atom. The van der Waals surface area contributed by atoms with Crippen molar-refractivity contribution in [1.82, 2.24) is 15.0 Å². The molecular formula is C13H16N6O2. The molecule has 2 aromatic rings. The highest BCUT2D eigenvalue weighted by molar-refractivity contribution is 5.69. The highest BCUT2D eigenvalue weighted by Crippen LogP contribution is 2.31. The lowest BCUT2D eigenvalue weighted by Crippen LogP contribution is -2.12. The maximum atomic E-state index is 11.3. The lowest BCUT2D eigenvalue weighted by Gasteiger charge is -2.15. The van der Waals surface area contributed by atoms with Crippen molar-refractivity contribution in [3.63, 3.8) is 0 Å². The van der Waals surface area contributed by atoms with Crippen molar-refractivity contribution in [2.75, 3.05) is 17.2 Å². The summed E-state index contributed by atoms with van der Waals surface area (Å²) in [7, 11) is 0. The van der Waals surface area contributed by atoms with Crippen molar-refractivity contribution in [2.45, 2.75) is 19.9 Å². The molecular weight excluding hydrogens is 272 g/mol. The van der Waals surface area contributed by atoms with Gasteiger partial charge in [-0.2, -0.15) is 0 Å². The third-order valence-corrected chi connectivity index (χ3v) is 2.91. The minimum Gasteiger partial charge on any atom is -0.364 e. The number of rotatable bonds is 6. The summed E-state index contributed by atoms with van der Waals surface area (Å²) in [5.41, 5.74) is 0.808. The Kier molecular flexibility index (Phi) is 4.60. The molecule has 2 rings (SSSR count). The quantitative estimate of drug-likeness (QED) is 0.620. The molecule has 2 heterocycles. The molecule has 0 fully saturated rings. The second-order valence-corrected chi connectivity index (χ2v) is 4.35. The summed E-state index contributed by atoms with van der Waals surface area (Å²) in [6, 6.07) is 3.54. The summed E-state index contributed by atoms with van der Waals surface area (Å²) in [4.78, 5) is 22.6. The van der Waals surface area contributed by atoms with Crippen molar-refractivity contribution in [2.24, 2.45) is 0 Å². The van der Waals surface area contributed by atoms with Gasteiger partial charge < -0.3 is 10.6 Å². The second-order valence-electron chi connectivity index (χ2n) is 4.35. The molecule has 8 nitrogen and oxygen atoms in total. The fourth-order valence-electron chi connectivity index (χ4n) is 1.89. The highest BCUT2D eigenvalue weighted by atomic mass is 16.6. The topological polar surface area (TPSA) is 106 Å². The third-order valence-electron chi connectivity index (χ3n) is 2.91. The lowest BCUT2D eigenvalue weighted by molar-refractivity contribution is -0.383. The minimum absolute atomic E-state index is 0.143. The van der Waals surface area contributed by atoms with Gasteiger partial charge in [0, 0.05) is 18.9 Å². The average Bonchev–Trinajstić information content (AvgIpc) is 2.48. The molecule has 2 aromatic heterocycles. The van der Waals surface area contributed by atoms with Crippen molar-refractivity contribution >= 4 is 17.3 Å². The van der Waals surface area contributed by atoms with Gasteiger partial charge in [-0.05, 0) is 31.5 Å². The fourth-order valence-corrected chi connectivity index (χ4v) is 1.89. The molecule has 0 radical (unpaired) electrons. The van der Waals surface area contributed by atoms with Crippen LogP contribution in [0.2, 0.25) is 0 Å². The molecule has 0 spiro atoms. The Bertz CT molecular complexity index is 619. The zero-order valence-electron chi connectivity index (χ0n) is 11.8. The first kappa shape index (κ1) is 14.6. The van der Waals surface area contributed by atoms with Crippen LogP contribution < -0.4 is 10.6 Å². The molecule has 0 saturated heterocycles. The zero-order chi connectivity index (χ0) is 15.2. The van der Waals surface area contributed by atoms with Gasteiger partial charge in [-0.25, -0.2) is 9.97 Å². The van der Waals surface area contributed by atoms with Crippen LogP contribution in [0.25, 0.3) is 0 Å². The van der Waals surface area contributed by atoms with E-state index in [1.54, 1.807) is 12.4 Å². The molecule has 0 aliphatic rings. The van der Waals surface area contributed by atoms with Crippen molar-refractivity contribution in [1.29, 1.82) is 0 Å². The number of hydrogen-bond donors (Lipinski definition) is 2. The molecule has 0 aromatic carbocycles. The first-order valence-electron chi connectivity index (χ1n) is 6.53. The van der Waals surface area contributed by atoms with Crippen LogP contribution in [-0.4, -0.2) is 26.4 Å². The molecule has 8 heteroatoms. The minimum atomic E-state index is -0.487. The van der Waals surface area contributed by atoms with E-state index in [4.69, 9.17) is 0 Å². The summed E-state index contributed by atoms with van der Waals surface area (Å²) >= 11 is 0. The normalized spacial score (nSPS) is 11.7. The third kappa shape index (κ3) is 3.41. The molecule has 2 N–H and O–H groups in total. The Labute approximate surface area is 121 Å². The van der Waals surface area contributed by atoms with Gasteiger partial charge >= 0.3 is 5.69 Å². The van der Waals surface area contributed by atoms with E-state index in [9.17, 15) is 10.1 Å². The SMILES string of the molecule is CCNc1ncnc(NC(C)c2ccncc2)c1[N+](=O)[O-]. The standard InChI is InChI=1S/C13H16N6O2/c1-3-15-12-11(19(20)21)13(17-8-16-12)18-9(2)10-4-6-14-7-5-10/h4-9H,3H2,1-2H3,(H2,15,16,17,18). The number of aromatic nitrogens is 3. The van der Waals surface area contributed by atoms with Crippen LogP contribution in [0.3, 0.4) is 0 Å². The van der Waals surface area contributed by atoms with Crippen LogP contribution in [-0.2, 0) is 0 Å². The van der Waals surface area contributed by atoms with Gasteiger partial charge in [-0.3, -0.25) is 15.1 Å². The largest absolute Gasteiger partial charge is 0.364 e. The number of hydrogen-bond acceptors (Lipinski definition) is 7. The molecule has 110 valence electrons. The van der Waals surface area contributed by atoms with Crippen LogP contribution in [0.1, 0.15) is 25.5 Å². The lowest BCUT2D eigenvalue weighted by atomic mass is 10.1. The molecule has 1 atom stereocenters. The van der Waals surface area contributed by atoms with Gasteiger partial charge in [0.05, 0.1) is 11.0 Å². The van der Waals surface area contributed by atoms with Gasteiger partial charge in [0.2, 0.25) is 11.6 Å². The van der Waals surface area contributed by atoms with Gasteiger partial charge in [-0.1, -0.05) is 0 Å². The predicted molar refractivity (Wildman–Crippen MR) is 79.1 cm³/mol. The Hall–Kier alpha value is -2.77. The molecule has 0 aliphatic carbocycles. The van der Waals surface area contributed by atoms with Crippen LogP contribution >= 0.6 is 0 Å². The van der Waals surface area contributed by atoms with Crippen LogP contribution in [0.4, 0.5) is 17.3 Å². The molecule has 1 unspecified atom stereocenters. The van der Waals surface area contributed by atoms with Crippen molar-refractivity contribution in [3.8, 4) is 0 Å². The molecule has 21 heavy (non-hydrogen) atoms. The average molecular weight is 288 g/mol. The number of nitro groups is 1. The van der Waals surface area contributed by atoms with E-state index in [0.29, 0.717) is 6.54 Å². The second kappa shape index (κ2) is 6.60. The smallest absolute Gasteiger partial charge is 0.353 e.